The Kier molecular flexibility index (Phi) is 4.90. The third-order valence-corrected chi connectivity index (χ3v) is 3.77. The Balaban J connectivity index is 2.08. The molecule has 6 nitrogen and oxygen atoms in total. The summed E-state index contributed by atoms with van der Waals surface area (Å²) in [5.74, 6) is -1.20. The molecule has 0 atom stereocenters. The van der Waals surface area contributed by atoms with Crippen molar-refractivity contribution in [2.45, 2.75) is 19.3 Å². The molecule has 1 aliphatic heterocycles. The van der Waals surface area contributed by atoms with Gasteiger partial charge in [0.1, 0.15) is 0 Å². The number of carboxylic acids is 1. The van der Waals surface area contributed by atoms with Gasteiger partial charge in [-0.2, -0.15) is 0 Å². The summed E-state index contributed by atoms with van der Waals surface area (Å²) in [6, 6.07) is 2.78. The lowest BCUT2D eigenvalue weighted by Crippen LogP contribution is -2.39. The number of hydrogen-bond acceptors (Lipinski definition) is 4. The minimum absolute atomic E-state index is 0.0178. The van der Waals surface area contributed by atoms with Gasteiger partial charge in [0.05, 0.1) is 22.8 Å². The molecule has 0 aliphatic carbocycles. The molecule has 0 saturated carbocycles. The maximum absolute atomic E-state index is 12.1. The second-order valence-electron chi connectivity index (χ2n) is 5.03. The Labute approximate surface area is 127 Å². The van der Waals surface area contributed by atoms with E-state index in [0.717, 1.165) is 32.4 Å². The van der Waals surface area contributed by atoms with E-state index in [1.807, 2.05) is 0 Å². The second kappa shape index (κ2) is 6.67. The van der Waals surface area contributed by atoms with Crippen molar-refractivity contribution >= 4 is 34.9 Å². The van der Waals surface area contributed by atoms with Crippen molar-refractivity contribution in [3.63, 3.8) is 0 Å². The molecule has 7 heteroatoms. The Bertz CT molecular complexity index is 557. The molecule has 1 saturated heterocycles. The van der Waals surface area contributed by atoms with Gasteiger partial charge in [0, 0.05) is 18.8 Å². The van der Waals surface area contributed by atoms with Crippen molar-refractivity contribution in [1.29, 1.82) is 0 Å². The molecule has 1 amide bonds. The minimum atomic E-state index is -1.14. The molecule has 1 aliphatic rings. The first-order valence-corrected chi connectivity index (χ1v) is 7.21. The van der Waals surface area contributed by atoms with Gasteiger partial charge < -0.3 is 21.1 Å². The highest BCUT2D eigenvalue weighted by Crippen LogP contribution is 2.29. The van der Waals surface area contributed by atoms with Crippen LogP contribution >= 0.6 is 11.6 Å². The topological polar surface area (TPSA) is 95.7 Å². The number of piperidine rings is 1. The summed E-state index contributed by atoms with van der Waals surface area (Å²) < 4.78 is 0. The number of nitrogens with zero attached hydrogens (tertiary/aromatic N) is 1. The van der Waals surface area contributed by atoms with Gasteiger partial charge in [0.2, 0.25) is 5.91 Å². The number of benzene rings is 1. The number of hydrogen-bond donors (Lipinski definition) is 3. The third kappa shape index (κ3) is 3.78. The number of nitrogen functional groups attached to an aromatic ring is 1. The third-order valence-electron chi connectivity index (χ3n) is 3.47. The van der Waals surface area contributed by atoms with Crippen LogP contribution in [-0.2, 0) is 4.79 Å². The largest absolute Gasteiger partial charge is 0.478 e. The summed E-state index contributed by atoms with van der Waals surface area (Å²) in [4.78, 5) is 25.1. The Morgan fingerprint density at radius 2 is 1.95 bits per heavy atom. The van der Waals surface area contributed by atoms with Crippen LogP contribution in [0.25, 0.3) is 0 Å². The molecule has 0 bridgehead atoms. The quantitative estimate of drug-likeness (QED) is 0.740. The van der Waals surface area contributed by atoms with Gasteiger partial charge in [-0.1, -0.05) is 11.6 Å². The van der Waals surface area contributed by atoms with Crippen LogP contribution in [0, 0.1) is 0 Å². The summed E-state index contributed by atoms with van der Waals surface area (Å²) in [6.07, 6.45) is 3.16. The zero-order valence-corrected chi connectivity index (χ0v) is 12.3. The van der Waals surface area contributed by atoms with Crippen molar-refractivity contribution in [3.05, 3.63) is 22.7 Å². The van der Waals surface area contributed by atoms with Gasteiger partial charge in [0.25, 0.3) is 0 Å². The smallest absolute Gasteiger partial charge is 0.337 e. The van der Waals surface area contributed by atoms with Gasteiger partial charge >= 0.3 is 5.97 Å². The van der Waals surface area contributed by atoms with Crippen LogP contribution in [0.1, 0.15) is 29.6 Å². The molecule has 1 aromatic rings. The second-order valence-corrected chi connectivity index (χ2v) is 5.43. The molecule has 114 valence electrons. The van der Waals surface area contributed by atoms with E-state index in [1.54, 1.807) is 4.90 Å². The van der Waals surface area contributed by atoms with Crippen LogP contribution in [-0.4, -0.2) is 41.5 Å². The number of anilines is 2. The molecular formula is C14H18ClN3O3. The van der Waals surface area contributed by atoms with E-state index in [9.17, 15) is 14.7 Å². The Morgan fingerprint density at radius 1 is 1.29 bits per heavy atom. The van der Waals surface area contributed by atoms with Crippen molar-refractivity contribution in [2.75, 3.05) is 30.7 Å². The molecule has 1 fully saturated rings. The first-order valence-electron chi connectivity index (χ1n) is 6.83. The predicted octanol–water partition coefficient (Wildman–Crippen LogP) is 2.04. The zero-order valence-electron chi connectivity index (χ0n) is 11.6. The lowest BCUT2D eigenvalue weighted by atomic mass is 10.1. The number of carbonyl (C=O) groups excluding carboxylic acids is 1. The highest BCUT2D eigenvalue weighted by Gasteiger charge is 2.19. The Hall–Kier alpha value is -1.95. The van der Waals surface area contributed by atoms with E-state index >= 15 is 0 Å². The molecule has 0 aromatic heterocycles. The van der Waals surface area contributed by atoms with Crippen LogP contribution in [0.5, 0.6) is 0 Å². The summed E-state index contributed by atoms with van der Waals surface area (Å²) in [7, 11) is 0. The fourth-order valence-corrected chi connectivity index (χ4v) is 2.69. The molecular weight excluding hydrogens is 294 g/mol. The summed E-state index contributed by atoms with van der Waals surface area (Å²) >= 11 is 6.02. The first kappa shape index (κ1) is 15.4. The van der Waals surface area contributed by atoms with Crippen LogP contribution in [0.2, 0.25) is 5.02 Å². The lowest BCUT2D eigenvalue weighted by molar-refractivity contribution is -0.130. The van der Waals surface area contributed by atoms with Gasteiger partial charge in [-0.15, -0.1) is 0 Å². The molecule has 1 heterocycles. The van der Waals surface area contributed by atoms with Gasteiger partial charge in [0.15, 0.2) is 0 Å². The molecule has 0 radical (unpaired) electrons. The number of likely N-dealkylation sites (tertiary alicyclic amines) is 1. The van der Waals surface area contributed by atoms with Crippen LogP contribution in [0.4, 0.5) is 11.4 Å². The maximum atomic E-state index is 12.1. The normalized spacial score (nSPS) is 14.8. The first-order chi connectivity index (χ1) is 9.99. The maximum Gasteiger partial charge on any atom is 0.337 e. The fourth-order valence-electron chi connectivity index (χ4n) is 2.40. The van der Waals surface area contributed by atoms with Crippen molar-refractivity contribution in [1.82, 2.24) is 4.90 Å². The number of nitrogens with one attached hydrogen (secondary N) is 1. The molecule has 0 unspecified atom stereocenters. The molecule has 1 aromatic carbocycles. The number of nitrogens with two attached hydrogens (primary N) is 1. The van der Waals surface area contributed by atoms with Crippen LogP contribution < -0.4 is 11.1 Å². The van der Waals surface area contributed by atoms with Gasteiger partial charge in [-0.3, -0.25) is 4.79 Å². The van der Waals surface area contributed by atoms with E-state index in [-0.39, 0.29) is 34.4 Å². The molecule has 2 rings (SSSR count). The van der Waals surface area contributed by atoms with Crippen molar-refractivity contribution < 1.29 is 14.7 Å². The summed E-state index contributed by atoms with van der Waals surface area (Å²) in [5.41, 5.74) is 6.05. The number of amides is 1. The monoisotopic (exact) mass is 311 g/mol. The highest BCUT2D eigenvalue weighted by atomic mass is 35.5. The SMILES string of the molecule is Nc1cc(Cl)c(NCC(=O)N2CCCCC2)c(C(=O)O)c1. The van der Waals surface area contributed by atoms with E-state index < -0.39 is 5.97 Å². The number of carboxylic acid groups (broad SMARTS) is 1. The average Bonchev–Trinajstić information content (AvgIpc) is 2.46. The lowest BCUT2D eigenvalue weighted by Gasteiger charge is -2.27. The van der Waals surface area contributed by atoms with E-state index in [4.69, 9.17) is 17.3 Å². The van der Waals surface area contributed by atoms with Gasteiger partial charge in [-0.05, 0) is 31.4 Å². The van der Waals surface area contributed by atoms with Crippen molar-refractivity contribution in [3.8, 4) is 0 Å². The van der Waals surface area contributed by atoms with E-state index in [1.165, 1.54) is 12.1 Å². The number of rotatable bonds is 4. The fraction of sp³-hybridized carbons (Fsp3) is 0.429. The summed E-state index contributed by atoms with van der Waals surface area (Å²) in [5, 5.41) is 12.2. The van der Waals surface area contributed by atoms with E-state index in [0.29, 0.717) is 0 Å². The zero-order chi connectivity index (χ0) is 15.4. The van der Waals surface area contributed by atoms with Crippen LogP contribution in [0.3, 0.4) is 0 Å². The van der Waals surface area contributed by atoms with Crippen molar-refractivity contribution in [2.24, 2.45) is 0 Å². The number of carbonyl (C=O) groups is 2. The standard InChI is InChI=1S/C14H18ClN3O3/c15-11-7-9(16)6-10(14(20)21)13(11)17-8-12(19)18-4-2-1-3-5-18/h6-7,17H,1-5,8,16H2,(H,20,21). The number of aromatic carboxylic acids is 1. The van der Waals surface area contributed by atoms with Gasteiger partial charge in [-0.25, -0.2) is 4.79 Å². The minimum Gasteiger partial charge on any atom is -0.478 e. The number of halogens is 1. The van der Waals surface area contributed by atoms with E-state index in [2.05, 4.69) is 5.32 Å². The van der Waals surface area contributed by atoms with Crippen LogP contribution in [0.15, 0.2) is 12.1 Å². The highest BCUT2D eigenvalue weighted by molar-refractivity contribution is 6.34. The molecule has 0 spiro atoms. The molecule has 4 N–H and O–H groups in total. The Morgan fingerprint density at radius 3 is 2.57 bits per heavy atom. The average molecular weight is 312 g/mol. The molecule has 21 heavy (non-hydrogen) atoms. The summed E-state index contributed by atoms with van der Waals surface area (Å²) in [6.45, 7) is 1.52. The predicted molar refractivity (Wildman–Crippen MR) is 81.7 cm³/mol.